The van der Waals surface area contributed by atoms with Crippen molar-refractivity contribution in [2.75, 3.05) is 0 Å². The van der Waals surface area contributed by atoms with Crippen molar-refractivity contribution in [1.82, 2.24) is 4.98 Å². The fourth-order valence-electron chi connectivity index (χ4n) is 2.53. The first-order valence-corrected chi connectivity index (χ1v) is 7.44. The fraction of sp³-hybridized carbons (Fsp3) is 0.571. The Balaban J connectivity index is 2.01. The van der Waals surface area contributed by atoms with Gasteiger partial charge in [-0.15, -0.1) is 11.8 Å². The van der Waals surface area contributed by atoms with Gasteiger partial charge in [0, 0.05) is 11.4 Å². The number of carbonyl (C=O) groups is 1. The molecule has 0 bridgehead atoms. The molecule has 0 spiro atoms. The Kier molecular flexibility index (Phi) is 4.64. The topological polar surface area (TPSA) is 50.2 Å². The van der Waals surface area contributed by atoms with Crippen molar-refractivity contribution in [1.29, 1.82) is 0 Å². The molecule has 1 aliphatic carbocycles. The Morgan fingerprint density at radius 2 is 2.22 bits per heavy atom. The lowest BCUT2D eigenvalue weighted by Gasteiger charge is -2.29. The highest BCUT2D eigenvalue weighted by Gasteiger charge is 2.24. The summed E-state index contributed by atoms with van der Waals surface area (Å²) in [6.45, 7) is 2.25. The van der Waals surface area contributed by atoms with Gasteiger partial charge in [0.1, 0.15) is 0 Å². The van der Waals surface area contributed by atoms with E-state index in [-0.39, 0.29) is 5.56 Å². The molecular formula is C14H19NO2S. The van der Waals surface area contributed by atoms with Crippen LogP contribution in [0.4, 0.5) is 0 Å². The monoisotopic (exact) mass is 265 g/mol. The molecule has 1 aromatic heterocycles. The van der Waals surface area contributed by atoms with E-state index in [4.69, 9.17) is 5.11 Å². The minimum absolute atomic E-state index is 0.259. The van der Waals surface area contributed by atoms with Gasteiger partial charge >= 0.3 is 5.97 Å². The molecule has 1 fully saturated rings. The maximum absolute atomic E-state index is 10.8. The first-order chi connectivity index (χ1) is 8.70. The van der Waals surface area contributed by atoms with Crippen LogP contribution in [0.3, 0.4) is 0 Å². The molecule has 1 N–H and O–H groups in total. The number of aromatic nitrogens is 1. The van der Waals surface area contributed by atoms with E-state index in [1.165, 1.54) is 38.3 Å². The molecule has 1 aromatic rings. The molecular weight excluding hydrogens is 246 g/mol. The summed E-state index contributed by atoms with van der Waals surface area (Å²) in [6.07, 6.45) is 7.91. The summed E-state index contributed by atoms with van der Waals surface area (Å²) >= 11 is 1.81. The summed E-state index contributed by atoms with van der Waals surface area (Å²) in [5, 5.41) is 10.4. The van der Waals surface area contributed by atoms with Crippen LogP contribution in [-0.2, 0) is 0 Å². The van der Waals surface area contributed by atoms with Gasteiger partial charge in [0.2, 0.25) is 0 Å². The molecule has 1 saturated carbocycles. The molecule has 18 heavy (non-hydrogen) atoms. The molecule has 3 nitrogen and oxygen atoms in total. The van der Waals surface area contributed by atoms with Gasteiger partial charge in [-0.25, -0.2) is 9.78 Å². The normalized spacial score (nSPS) is 23.8. The van der Waals surface area contributed by atoms with Crippen LogP contribution >= 0.6 is 11.8 Å². The first kappa shape index (κ1) is 13.4. The smallest absolute Gasteiger partial charge is 0.337 e. The van der Waals surface area contributed by atoms with E-state index >= 15 is 0 Å². The van der Waals surface area contributed by atoms with E-state index in [0.717, 1.165) is 10.9 Å². The van der Waals surface area contributed by atoms with Crippen molar-refractivity contribution in [2.24, 2.45) is 5.92 Å². The van der Waals surface area contributed by atoms with Crippen LogP contribution in [0.5, 0.6) is 0 Å². The van der Waals surface area contributed by atoms with Gasteiger partial charge in [-0.3, -0.25) is 0 Å². The van der Waals surface area contributed by atoms with Gasteiger partial charge in [0.15, 0.2) is 0 Å². The number of carboxylic acids is 1. The predicted molar refractivity (Wildman–Crippen MR) is 73.1 cm³/mol. The first-order valence-electron chi connectivity index (χ1n) is 6.56. The van der Waals surface area contributed by atoms with E-state index in [2.05, 4.69) is 11.9 Å². The van der Waals surface area contributed by atoms with Gasteiger partial charge in [-0.2, -0.15) is 0 Å². The highest BCUT2D eigenvalue weighted by Crippen LogP contribution is 2.38. The third-order valence-electron chi connectivity index (χ3n) is 3.62. The Hall–Kier alpha value is -1.03. The zero-order valence-electron chi connectivity index (χ0n) is 10.6. The number of pyridine rings is 1. The molecule has 0 aliphatic heterocycles. The van der Waals surface area contributed by atoms with Crippen LogP contribution in [0.2, 0.25) is 0 Å². The Morgan fingerprint density at radius 1 is 1.44 bits per heavy atom. The number of thioether (sulfide) groups is 1. The molecule has 0 amide bonds. The van der Waals surface area contributed by atoms with Gasteiger partial charge in [0.25, 0.3) is 0 Å². The quantitative estimate of drug-likeness (QED) is 0.898. The number of hydrogen-bond donors (Lipinski definition) is 1. The highest BCUT2D eigenvalue weighted by atomic mass is 32.2. The maximum atomic E-state index is 10.8. The minimum atomic E-state index is -0.914. The average Bonchev–Trinajstić information content (AvgIpc) is 2.40. The van der Waals surface area contributed by atoms with Gasteiger partial charge in [0.05, 0.1) is 10.6 Å². The van der Waals surface area contributed by atoms with Crippen molar-refractivity contribution < 1.29 is 9.90 Å². The maximum Gasteiger partial charge on any atom is 0.337 e. The zero-order chi connectivity index (χ0) is 13.0. The van der Waals surface area contributed by atoms with Crippen LogP contribution in [0, 0.1) is 5.92 Å². The Morgan fingerprint density at radius 3 is 2.83 bits per heavy atom. The largest absolute Gasteiger partial charge is 0.478 e. The lowest BCUT2D eigenvalue weighted by Crippen LogP contribution is -2.21. The molecule has 1 heterocycles. The third-order valence-corrected chi connectivity index (χ3v) is 5.03. The minimum Gasteiger partial charge on any atom is -0.478 e. The molecule has 1 aliphatic rings. The average molecular weight is 265 g/mol. The van der Waals surface area contributed by atoms with Crippen LogP contribution in [-0.4, -0.2) is 21.3 Å². The molecule has 0 aromatic carbocycles. The summed E-state index contributed by atoms with van der Waals surface area (Å²) in [6, 6.07) is 3.47. The zero-order valence-corrected chi connectivity index (χ0v) is 11.4. The molecule has 4 heteroatoms. The number of aromatic carboxylic acids is 1. The van der Waals surface area contributed by atoms with E-state index < -0.39 is 5.97 Å². The second-order valence-corrected chi connectivity index (χ2v) is 6.06. The molecule has 2 rings (SSSR count). The van der Waals surface area contributed by atoms with E-state index in [1.807, 2.05) is 17.8 Å². The van der Waals surface area contributed by atoms with Gasteiger partial charge in [-0.05, 0) is 30.9 Å². The van der Waals surface area contributed by atoms with Crippen molar-refractivity contribution in [3.05, 3.63) is 23.9 Å². The summed E-state index contributed by atoms with van der Waals surface area (Å²) in [5.41, 5.74) is 0.259. The molecule has 0 saturated heterocycles. The second-order valence-electron chi connectivity index (χ2n) is 4.80. The summed E-state index contributed by atoms with van der Waals surface area (Å²) in [4.78, 5) is 15.0. The molecule has 0 radical (unpaired) electrons. The number of carboxylic acid groups (broad SMARTS) is 1. The van der Waals surface area contributed by atoms with Crippen LogP contribution < -0.4 is 0 Å². The molecule has 98 valence electrons. The molecule has 2 atom stereocenters. The standard InChI is InChI=1S/C14H19NO2S/c1-2-10-5-3-4-6-12(10)18-13-8-7-11(9-15-13)14(16)17/h7-10,12H,2-6H2,1H3,(H,16,17). The Bertz CT molecular complexity index is 405. The van der Waals surface area contributed by atoms with E-state index in [1.54, 1.807) is 6.07 Å². The van der Waals surface area contributed by atoms with E-state index in [0.29, 0.717) is 5.25 Å². The van der Waals surface area contributed by atoms with Crippen LogP contribution in [0.15, 0.2) is 23.4 Å². The lowest BCUT2D eigenvalue weighted by atomic mass is 9.87. The highest BCUT2D eigenvalue weighted by molar-refractivity contribution is 7.99. The fourth-order valence-corrected chi connectivity index (χ4v) is 3.90. The number of rotatable bonds is 4. The van der Waals surface area contributed by atoms with Crippen molar-refractivity contribution >= 4 is 17.7 Å². The Labute approximate surface area is 112 Å². The number of hydrogen-bond acceptors (Lipinski definition) is 3. The van der Waals surface area contributed by atoms with Crippen LogP contribution in [0.1, 0.15) is 49.4 Å². The van der Waals surface area contributed by atoms with Crippen molar-refractivity contribution in [2.45, 2.75) is 49.3 Å². The van der Waals surface area contributed by atoms with Gasteiger partial charge < -0.3 is 5.11 Å². The molecule has 2 unspecified atom stereocenters. The SMILES string of the molecule is CCC1CCCCC1Sc1ccc(C(=O)O)cn1. The summed E-state index contributed by atoms with van der Waals surface area (Å²) in [7, 11) is 0. The lowest BCUT2D eigenvalue weighted by molar-refractivity contribution is 0.0696. The van der Waals surface area contributed by atoms with E-state index in [9.17, 15) is 4.79 Å². The summed E-state index contributed by atoms with van der Waals surface area (Å²) in [5.74, 6) is -0.132. The summed E-state index contributed by atoms with van der Waals surface area (Å²) < 4.78 is 0. The van der Waals surface area contributed by atoms with Crippen molar-refractivity contribution in [3.8, 4) is 0 Å². The van der Waals surface area contributed by atoms with Crippen molar-refractivity contribution in [3.63, 3.8) is 0 Å². The predicted octanol–water partition coefficient (Wildman–Crippen LogP) is 3.84. The number of nitrogens with zero attached hydrogens (tertiary/aromatic N) is 1. The van der Waals surface area contributed by atoms with Gasteiger partial charge in [-0.1, -0.05) is 26.2 Å². The third kappa shape index (κ3) is 3.25. The second kappa shape index (κ2) is 6.23. The van der Waals surface area contributed by atoms with Crippen LogP contribution in [0.25, 0.3) is 0 Å².